The molecule has 0 atom stereocenters. The average molecular weight is 156 g/mol. The van der Waals surface area contributed by atoms with Crippen molar-refractivity contribution < 1.29 is 14.3 Å². The number of allylic oxidation sites excluding steroid dienone is 3. The highest BCUT2D eigenvalue weighted by Gasteiger charge is 1.81. The molecule has 0 aromatic rings. The summed E-state index contributed by atoms with van der Waals surface area (Å²) < 4.78 is 9.27. The summed E-state index contributed by atoms with van der Waals surface area (Å²) in [6.45, 7) is 2.66. The van der Waals surface area contributed by atoms with Crippen molar-refractivity contribution in [2.45, 2.75) is 6.92 Å². The fourth-order valence-corrected chi connectivity index (χ4v) is 0.471. The lowest BCUT2D eigenvalue weighted by Crippen LogP contribution is -1.83. The Balaban J connectivity index is 3.61. The van der Waals surface area contributed by atoms with Gasteiger partial charge in [0.1, 0.15) is 5.76 Å². The molecule has 62 valence electrons. The van der Waals surface area contributed by atoms with Crippen molar-refractivity contribution in [1.29, 1.82) is 0 Å². The predicted molar refractivity (Wildman–Crippen MR) is 41.9 cm³/mol. The number of ether oxygens (including phenoxy) is 2. The molecule has 0 unspecified atom stereocenters. The molecule has 0 bridgehead atoms. The highest BCUT2D eigenvalue weighted by molar-refractivity contribution is 5.39. The first-order valence-corrected chi connectivity index (χ1v) is 3.24. The molecule has 0 aromatic carbocycles. The molecule has 0 N–H and O–H groups in total. The Morgan fingerprint density at radius 2 is 2.27 bits per heavy atom. The molecule has 0 aromatic heterocycles. The van der Waals surface area contributed by atoms with E-state index in [4.69, 9.17) is 4.74 Å². The standard InChI is InChI=1S/C8H12O3/c1-8(11-7-9)5-3-4-6-10-2/h3-5,7H,6H2,1-2H3/b4-3-,8-5+. The van der Waals surface area contributed by atoms with Gasteiger partial charge in [-0.25, -0.2) is 0 Å². The second-order valence-electron chi connectivity index (χ2n) is 1.87. The van der Waals surface area contributed by atoms with Crippen LogP contribution in [0.4, 0.5) is 0 Å². The molecule has 0 aliphatic heterocycles. The van der Waals surface area contributed by atoms with E-state index in [1.807, 2.05) is 6.08 Å². The minimum absolute atomic E-state index is 0.399. The van der Waals surface area contributed by atoms with Crippen LogP contribution in [0.2, 0.25) is 0 Å². The van der Waals surface area contributed by atoms with Crippen LogP contribution in [-0.2, 0) is 14.3 Å². The van der Waals surface area contributed by atoms with Gasteiger partial charge in [0.05, 0.1) is 6.61 Å². The Bertz CT molecular complexity index is 159. The molecule has 0 amide bonds. The molecule has 0 radical (unpaired) electrons. The maximum Gasteiger partial charge on any atom is 0.298 e. The normalized spacial score (nSPS) is 12.0. The van der Waals surface area contributed by atoms with Crippen molar-refractivity contribution in [3.05, 3.63) is 24.0 Å². The van der Waals surface area contributed by atoms with Crippen molar-refractivity contribution in [1.82, 2.24) is 0 Å². The quantitative estimate of drug-likeness (QED) is 0.341. The highest BCUT2D eigenvalue weighted by Crippen LogP contribution is 1.92. The first kappa shape index (κ1) is 9.91. The average Bonchev–Trinajstić information content (AvgIpc) is 1.99. The van der Waals surface area contributed by atoms with Gasteiger partial charge in [-0.05, 0) is 13.0 Å². The van der Waals surface area contributed by atoms with Gasteiger partial charge in [-0.2, -0.15) is 0 Å². The fourth-order valence-electron chi connectivity index (χ4n) is 0.471. The van der Waals surface area contributed by atoms with E-state index >= 15 is 0 Å². The van der Waals surface area contributed by atoms with E-state index in [1.54, 1.807) is 26.2 Å². The molecule has 0 saturated carbocycles. The SMILES string of the molecule is COC/C=C\C=C(/C)OC=O. The van der Waals surface area contributed by atoms with Gasteiger partial charge in [0, 0.05) is 7.11 Å². The van der Waals surface area contributed by atoms with Crippen LogP contribution in [-0.4, -0.2) is 20.2 Å². The van der Waals surface area contributed by atoms with Gasteiger partial charge in [-0.15, -0.1) is 0 Å². The van der Waals surface area contributed by atoms with E-state index in [0.29, 0.717) is 18.8 Å². The first-order valence-electron chi connectivity index (χ1n) is 3.24. The Morgan fingerprint density at radius 3 is 2.82 bits per heavy atom. The molecule has 3 heteroatoms. The van der Waals surface area contributed by atoms with Crippen LogP contribution in [0.25, 0.3) is 0 Å². The van der Waals surface area contributed by atoms with E-state index in [1.165, 1.54) is 0 Å². The summed E-state index contributed by atoms with van der Waals surface area (Å²) in [4.78, 5) is 9.79. The summed E-state index contributed by atoms with van der Waals surface area (Å²) in [6, 6.07) is 0. The van der Waals surface area contributed by atoms with Crippen LogP contribution in [0.3, 0.4) is 0 Å². The molecular weight excluding hydrogens is 144 g/mol. The van der Waals surface area contributed by atoms with Gasteiger partial charge < -0.3 is 9.47 Å². The second-order valence-corrected chi connectivity index (χ2v) is 1.87. The second kappa shape index (κ2) is 7.02. The number of hydrogen-bond donors (Lipinski definition) is 0. The first-order chi connectivity index (χ1) is 5.31. The van der Waals surface area contributed by atoms with Gasteiger partial charge in [0.15, 0.2) is 0 Å². The fraction of sp³-hybridized carbons (Fsp3) is 0.375. The molecule has 0 heterocycles. The van der Waals surface area contributed by atoms with Crippen molar-refractivity contribution in [2.24, 2.45) is 0 Å². The van der Waals surface area contributed by atoms with Crippen LogP contribution in [0.5, 0.6) is 0 Å². The molecule has 0 spiro atoms. The summed E-state index contributed by atoms with van der Waals surface area (Å²) in [5.74, 6) is 0.562. The third-order valence-corrected chi connectivity index (χ3v) is 0.964. The van der Waals surface area contributed by atoms with Gasteiger partial charge in [0.2, 0.25) is 0 Å². The maximum atomic E-state index is 9.79. The van der Waals surface area contributed by atoms with Crippen LogP contribution in [0, 0.1) is 0 Å². The number of carbonyl (C=O) groups is 1. The minimum atomic E-state index is 0.399. The third-order valence-electron chi connectivity index (χ3n) is 0.964. The lowest BCUT2D eigenvalue weighted by Gasteiger charge is -1.91. The highest BCUT2D eigenvalue weighted by atomic mass is 16.5. The van der Waals surface area contributed by atoms with E-state index < -0.39 is 0 Å². The monoisotopic (exact) mass is 156 g/mol. The zero-order valence-corrected chi connectivity index (χ0v) is 6.74. The summed E-state index contributed by atoms with van der Waals surface area (Å²) in [6.07, 6.45) is 5.27. The molecule has 0 rings (SSSR count). The van der Waals surface area contributed by atoms with Crippen LogP contribution in [0.15, 0.2) is 24.0 Å². The molecule has 11 heavy (non-hydrogen) atoms. The summed E-state index contributed by atoms with van der Waals surface area (Å²) in [5, 5.41) is 0. The zero-order valence-electron chi connectivity index (χ0n) is 6.74. The third kappa shape index (κ3) is 6.80. The predicted octanol–water partition coefficient (Wildman–Crippen LogP) is 1.27. The lowest BCUT2D eigenvalue weighted by atomic mass is 10.4. The van der Waals surface area contributed by atoms with E-state index in [2.05, 4.69) is 4.74 Å². The number of carbonyl (C=O) groups excluding carboxylic acids is 1. The minimum Gasteiger partial charge on any atom is -0.434 e. The summed E-state index contributed by atoms with van der Waals surface area (Å²) in [5.41, 5.74) is 0. The molecule has 3 nitrogen and oxygen atoms in total. The van der Waals surface area contributed by atoms with Crippen molar-refractivity contribution in [3.63, 3.8) is 0 Å². The van der Waals surface area contributed by atoms with Crippen LogP contribution >= 0.6 is 0 Å². The Hall–Kier alpha value is -1.09. The van der Waals surface area contributed by atoms with Gasteiger partial charge >= 0.3 is 0 Å². The summed E-state index contributed by atoms with van der Waals surface area (Å²) >= 11 is 0. The van der Waals surface area contributed by atoms with E-state index in [0.717, 1.165) is 0 Å². The van der Waals surface area contributed by atoms with Crippen LogP contribution in [0.1, 0.15) is 6.92 Å². The van der Waals surface area contributed by atoms with Crippen molar-refractivity contribution in [2.75, 3.05) is 13.7 Å². The molecule has 0 saturated heterocycles. The van der Waals surface area contributed by atoms with Crippen LogP contribution < -0.4 is 0 Å². The Labute approximate surface area is 66.3 Å². The molecule has 0 aliphatic carbocycles. The van der Waals surface area contributed by atoms with Gasteiger partial charge in [-0.1, -0.05) is 12.2 Å². The van der Waals surface area contributed by atoms with Gasteiger partial charge in [-0.3, -0.25) is 4.79 Å². The Morgan fingerprint density at radius 1 is 1.55 bits per heavy atom. The topological polar surface area (TPSA) is 35.5 Å². The van der Waals surface area contributed by atoms with E-state index in [-0.39, 0.29) is 0 Å². The molecule has 0 aliphatic rings. The maximum absolute atomic E-state index is 9.79. The van der Waals surface area contributed by atoms with Crippen molar-refractivity contribution >= 4 is 6.47 Å². The molecule has 0 fully saturated rings. The summed E-state index contributed by atoms with van der Waals surface area (Å²) in [7, 11) is 1.61. The number of hydrogen-bond acceptors (Lipinski definition) is 3. The smallest absolute Gasteiger partial charge is 0.298 e. The Kier molecular flexibility index (Phi) is 6.33. The zero-order chi connectivity index (χ0) is 8.53. The van der Waals surface area contributed by atoms with Crippen molar-refractivity contribution in [3.8, 4) is 0 Å². The number of rotatable bonds is 5. The van der Waals surface area contributed by atoms with E-state index in [9.17, 15) is 4.79 Å². The largest absolute Gasteiger partial charge is 0.434 e. The lowest BCUT2D eigenvalue weighted by molar-refractivity contribution is -0.124. The number of methoxy groups -OCH3 is 1. The van der Waals surface area contributed by atoms with Gasteiger partial charge in [0.25, 0.3) is 6.47 Å². The molecular formula is C8H12O3.